The van der Waals surface area contributed by atoms with Gasteiger partial charge in [0.2, 0.25) is 0 Å². The number of benzene rings is 1. The Balaban J connectivity index is 3.13. The number of hydrogen-bond acceptors (Lipinski definition) is 2. The van der Waals surface area contributed by atoms with Crippen LogP contribution in [-0.2, 0) is 10.9 Å². The number of alkyl halides is 3. The zero-order chi connectivity index (χ0) is 12.3. The zero-order valence-electron chi connectivity index (χ0n) is 8.27. The summed E-state index contributed by atoms with van der Waals surface area (Å²) in [5.74, 6) is -0.746. The molecule has 0 saturated heterocycles. The minimum atomic E-state index is -4.46. The lowest BCUT2D eigenvalue weighted by Crippen LogP contribution is -2.11. The molecule has 0 aliphatic heterocycles. The van der Waals surface area contributed by atoms with E-state index in [0.717, 1.165) is 6.07 Å². The molecule has 0 aromatic heterocycles. The Kier molecular flexibility index (Phi) is 4.17. The minimum Gasteiger partial charge on any atom is -0.462 e. The summed E-state index contributed by atoms with van der Waals surface area (Å²) in [6, 6.07) is 3.37. The number of hydrogen-bond donors (Lipinski definition) is 0. The van der Waals surface area contributed by atoms with Crippen molar-refractivity contribution in [3.63, 3.8) is 0 Å². The molecule has 1 aromatic rings. The molecule has 0 fully saturated rings. The number of esters is 1. The Hall–Kier alpha value is -0.790. The van der Waals surface area contributed by atoms with Crippen molar-refractivity contribution in [2.75, 3.05) is 6.61 Å². The molecule has 88 valence electrons. The summed E-state index contributed by atoms with van der Waals surface area (Å²) in [6.07, 6.45) is -4.46. The van der Waals surface area contributed by atoms with Crippen LogP contribution in [0, 0.1) is 3.57 Å². The molecule has 6 heteroatoms. The molecule has 2 nitrogen and oxygen atoms in total. The van der Waals surface area contributed by atoms with Gasteiger partial charge in [-0.1, -0.05) is 0 Å². The molecule has 0 atom stereocenters. The van der Waals surface area contributed by atoms with E-state index in [0.29, 0.717) is 0 Å². The van der Waals surface area contributed by atoms with E-state index in [4.69, 9.17) is 0 Å². The number of halogens is 4. The quantitative estimate of drug-likeness (QED) is 0.607. The van der Waals surface area contributed by atoms with Gasteiger partial charge in [0, 0.05) is 3.57 Å². The van der Waals surface area contributed by atoms with Crippen LogP contribution in [0.3, 0.4) is 0 Å². The van der Waals surface area contributed by atoms with E-state index in [1.54, 1.807) is 29.5 Å². The van der Waals surface area contributed by atoms with E-state index < -0.39 is 17.7 Å². The van der Waals surface area contributed by atoms with E-state index in [2.05, 4.69) is 4.74 Å². The van der Waals surface area contributed by atoms with Crippen LogP contribution >= 0.6 is 22.6 Å². The fraction of sp³-hybridized carbons (Fsp3) is 0.300. The SMILES string of the molecule is CCOC(=O)c1ccc(I)c(C(F)(F)F)c1. The van der Waals surface area contributed by atoms with Crippen molar-refractivity contribution < 1.29 is 22.7 Å². The van der Waals surface area contributed by atoms with Gasteiger partial charge < -0.3 is 4.74 Å². The summed E-state index contributed by atoms with van der Waals surface area (Å²) in [5, 5.41) is 0. The second-order valence-corrected chi connectivity index (χ2v) is 4.08. The van der Waals surface area contributed by atoms with Gasteiger partial charge in [-0.05, 0) is 47.7 Å². The van der Waals surface area contributed by atoms with Crippen LogP contribution in [-0.4, -0.2) is 12.6 Å². The van der Waals surface area contributed by atoms with E-state index in [9.17, 15) is 18.0 Å². The summed E-state index contributed by atoms with van der Waals surface area (Å²) in [6.45, 7) is 1.72. The maximum Gasteiger partial charge on any atom is 0.417 e. The summed E-state index contributed by atoms with van der Waals surface area (Å²) in [4.78, 5) is 11.2. The van der Waals surface area contributed by atoms with Gasteiger partial charge in [-0.15, -0.1) is 0 Å². The molecule has 1 aromatic carbocycles. The highest BCUT2D eigenvalue weighted by molar-refractivity contribution is 14.1. The first kappa shape index (κ1) is 13.3. The van der Waals surface area contributed by atoms with Crippen molar-refractivity contribution in [1.82, 2.24) is 0 Å². The van der Waals surface area contributed by atoms with Crippen LogP contribution < -0.4 is 0 Å². The first-order valence-corrected chi connectivity index (χ1v) is 5.48. The molecule has 16 heavy (non-hydrogen) atoms. The summed E-state index contributed by atoms with van der Waals surface area (Å²) in [5.41, 5.74) is -0.909. The Morgan fingerprint density at radius 1 is 1.44 bits per heavy atom. The maximum absolute atomic E-state index is 12.5. The van der Waals surface area contributed by atoms with Crippen LogP contribution in [0.15, 0.2) is 18.2 Å². The number of ether oxygens (including phenoxy) is 1. The second-order valence-electron chi connectivity index (χ2n) is 2.91. The van der Waals surface area contributed by atoms with Gasteiger partial charge in [-0.25, -0.2) is 4.79 Å². The molecule has 0 spiro atoms. The zero-order valence-corrected chi connectivity index (χ0v) is 10.4. The molecule has 0 unspecified atom stereocenters. The minimum absolute atomic E-state index is 0.0538. The molecule has 0 aliphatic rings. The van der Waals surface area contributed by atoms with E-state index in [1.807, 2.05) is 0 Å². The van der Waals surface area contributed by atoms with Crippen molar-refractivity contribution in [2.24, 2.45) is 0 Å². The van der Waals surface area contributed by atoms with Crippen molar-refractivity contribution in [3.8, 4) is 0 Å². The molecule has 1 rings (SSSR count). The monoisotopic (exact) mass is 344 g/mol. The Morgan fingerprint density at radius 3 is 2.56 bits per heavy atom. The third-order valence-corrected chi connectivity index (χ3v) is 2.72. The molecule has 0 radical (unpaired) electrons. The normalized spacial score (nSPS) is 11.3. The lowest BCUT2D eigenvalue weighted by Gasteiger charge is -2.10. The predicted octanol–water partition coefficient (Wildman–Crippen LogP) is 3.49. The van der Waals surface area contributed by atoms with E-state index in [-0.39, 0.29) is 15.7 Å². The number of carbonyl (C=O) groups excluding carboxylic acids is 1. The summed E-state index contributed by atoms with van der Waals surface area (Å²) < 4.78 is 42.2. The van der Waals surface area contributed by atoms with Crippen LogP contribution in [0.1, 0.15) is 22.8 Å². The van der Waals surface area contributed by atoms with Gasteiger partial charge >= 0.3 is 12.1 Å². The Morgan fingerprint density at radius 2 is 2.06 bits per heavy atom. The first-order chi connectivity index (χ1) is 7.36. The molecule has 0 saturated carbocycles. The topological polar surface area (TPSA) is 26.3 Å². The highest BCUT2D eigenvalue weighted by Gasteiger charge is 2.33. The molecule has 0 N–H and O–H groups in total. The molecule has 0 amide bonds. The van der Waals surface area contributed by atoms with Crippen LogP contribution in [0.5, 0.6) is 0 Å². The van der Waals surface area contributed by atoms with Crippen LogP contribution in [0.2, 0.25) is 0 Å². The first-order valence-electron chi connectivity index (χ1n) is 4.40. The molecule has 0 heterocycles. The molecular weight excluding hydrogens is 336 g/mol. The number of rotatable bonds is 2. The van der Waals surface area contributed by atoms with Gasteiger partial charge in [-0.2, -0.15) is 13.2 Å². The average molecular weight is 344 g/mol. The Bertz CT molecular complexity index is 402. The second kappa shape index (κ2) is 5.03. The van der Waals surface area contributed by atoms with Gasteiger partial charge in [0.1, 0.15) is 0 Å². The van der Waals surface area contributed by atoms with Crippen LogP contribution in [0.4, 0.5) is 13.2 Å². The fourth-order valence-electron chi connectivity index (χ4n) is 1.08. The lowest BCUT2D eigenvalue weighted by atomic mass is 10.1. The summed E-state index contributed by atoms with van der Waals surface area (Å²) >= 11 is 1.57. The van der Waals surface area contributed by atoms with Crippen LogP contribution in [0.25, 0.3) is 0 Å². The third kappa shape index (κ3) is 3.10. The Labute approximate surface area is 104 Å². The van der Waals surface area contributed by atoms with Crippen molar-refractivity contribution in [1.29, 1.82) is 0 Å². The number of carbonyl (C=O) groups is 1. The van der Waals surface area contributed by atoms with E-state index >= 15 is 0 Å². The van der Waals surface area contributed by atoms with Gasteiger partial charge in [0.25, 0.3) is 0 Å². The average Bonchev–Trinajstić information content (AvgIpc) is 2.16. The third-order valence-electron chi connectivity index (χ3n) is 1.78. The maximum atomic E-state index is 12.5. The van der Waals surface area contributed by atoms with E-state index in [1.165, 1.54) is 12.1 Å². The van der Waals surface area contributed by atoms with Crippen molar-refractivity contribution >= 4 is 28.6 Å². The van der Waals surface area contributed by atoms with Crippen molar-refractivity contribution in [2.45, 2.75) is 13.1 Å². The standard InChI is InChI=1S/C10H8F3IO2/c1-2-16-9(15)6-3-4-8(14)7(5-6)10(11,12)13/h3-5H,2H2,1H3. The molecular formula is C10H8F3IO2. The smallest absolute Gasteiger partial charge is 0.417 e. The highest BCUT2D eigenvalue weighted by Crippen LogP contribution is 2.33. The lowest BCUT2D eigenvalue weighted by molar-refractivity contribution is -0.138. The predicted molar refractivity (Wildman–Crippen MR) is 60.1 cm³/mol. The summed E-state index contributed by atoms with van der Waals surface area (Å²) in [7, 11) is 0. The molecule has 0 aliphatic carbocycles. The highest BCUT2D eigenvalue weighted by atomic mass is 127. The van der Waals surface area contributed by atoms with Crippen molar-refractivity contribution in [3.05, 3.63) is 32.9 Å². The fourth-order valence-corrected chi connectivity index (χ4v) is 1.73. The van der Waals surface area contributed by atoms with Gasteiger partial charge in [0.05, 0.1) is 17.7 Å². The van der Waals surface area contributed by atoms with Gasteiger partial charge in [0.15, 0.2) is 0 Å². The van der Waals surface area contributed by atoms with Gasteiger partial charge in [-0.3, -0.25) is 0 Å². The largest absolute Gasteiger partial charge is 0.462 e. The molecule has 0 bridgehead atoms.